The molecule has 1 aromatic rings. The average molecular weight is 253 g/mol. The molecule has 0 saturated carbocycles. The number of rotatable bonds is 4. The summed E-state index contributed by atoms with van der Waals surface area (Å²) >= 11 is 1.84. The smallest absolute Gasteiger partial charge is 0.0953 e. The van der Waals surface area contributed by atoms with E-state index in [1.807, 2.05) is 17.5 Å². The fourth-order valence-electron chi connectivity index (χ4n) is 2.52. The van der Waals surface area contributed by atoms with E-state index in [-0.39, 0.29) is 6.04 Å². The molecule has 0 aromatic carbocycles. The molecule has 0 radical (unpaired) electrons. The van der Waals surface area contributed by atoms with Gasteiger partial charge < -0.3 is 5.73 Å². The summed E-state index contributed by atoms with van der Waals surface area (Å²) in [7, 11) is 0. The van der Waals surface area contributed by atoms with Crippen molar-refractivity contribution in [3.63, 3.8) is 0 Å². The number of hydrogen-bond donors (Lipinski definition) is 1. The van der Waals surface area contributed by atoms with Crippen LogP contribution in [0.5, 0.6) is 0 Å². The van der Waals surface area contributed by atoms with Gasteiger partial charge in [0.2, 0.25) is 0 Å². The summed E-state index contributed by atoms with van der Waals surface area (Å²) in [4.78, 5) is 8.40. The quantitative estimate of drug-likeness (QED) is 0.897. The Labute approximate surface area is 108 Å². The monoisotopic (exact) mass is 253 g/mol. The van der Waals surface area contributed by atoms with Crippen molar-refractivity contribution in [2.24, 2.45) is 5.73 Å². The Morgan fingerprint density at radius 3 is 2.94 bits per heavy atom. The highest BCUT2D eigenvalue weighted by molar-refractivity contribution is 7.11. The number of likely N-dealkylation sites (tertiary alicyclic amines) is 1. The number of hydrogen-bond acceptors (Lipinski definition) is 4. The largest absolute Gasteiger partial charge is 0.326 e. The summed E-state index contributed by atoms with van der Waals surface area (Å²) < 4.78 is 0. The van der Waals surface area contributed by atoms with Gasteiger partial charge in [-0.15, -0.1) is 11.3 Å². The Bertz CT molecular complexity index is 359. The third-order valence-electron chi connectivity index (χ3n) is 3.39. The van der Waals surface area contributed by atoms with Crippen molar-refractivity contribution in [3.8, 4) is 0 Å². The number of nitrogens with two attached hydrogens (primary N) is 1. The van der Waals surface area contributed by atoms with Crippen LogP contribution in [0.15, 0.2) is 6.20 Å². The van der Waals surface area contributed by atoms with Crippen molar-refractivity contribution in [1.29, 1.82) is 0 Å². The number of aromatic nitrogens is 1. The molecule has 1 aromatic heterocycles. The van der Waals surface area contributed by atoms with Crippen LogP contribution < -0.4 is 5.73 Å². The van der Waals surface area contributed by atoms with Crippen molar-refractivity contribution in [2.45, 2.75) is 51.6 Å². The molecular formula is C13H23N3S. The van der Waals surface area contributed by atoms with Crippen LogP contribution in [0.1, 0.15) is 55.5 Å². The molecule has 17 heavy (non-hydrogen) atoms. The van der Waals surface area contributed by atoms with Gasteiger partial charge in [-0.1, -0.05) is 20.8 Å². The first-order chi connectivity index (χ1) is 8.13. The van der Waals surface area contributed by atoms with Crippen molar-refractivity contribution in [1.82, 2.24) is 9.88 Å². The first kappa shape index (κ1) is 13.0. The lowest BCUT2D eigenvalue weighted by atomic mass is 10.1. The standard InChI is InChI=1S/C13H23N3S/c1-4-6-16-7-5-10(14)12(16)11-8-15-13(17-11)9(2)3/h8-10,12H,4-7,14H2,1-3H3/t10-,12-/m1/s1. The van der Waals surface area contributed by atoms with E-state index >= 15 is 0 Å². The van der Waals surface area contributed by atoms with Crippen LogP contribution in [0.4, 0.5) is 0 Å². The summed E-state index contributed by atoms with van der Waals surface area (Å²) in [5, 5.41) is 1.23. The zero-order chi connectivity index (χ0) is 12.4. The Kier molecular flexibility index (Phi) is 4.17. The predicted molar refractivity (Wildman–Crippen MR) is 73.4 cm³/mol. The molecule has 3 nitrogen and oxygen atoms in total. The molecule has 1 aliphatic rings. The second kappa shape index (κ2) is 5.46. The van der Waals surface area contributed by atoms with Crippen molar-refractivity contribution >= 4 is 11.3 Å². The van der Waals surface area contributed by atoms with Crippen LogP contribution in [0.3, 0.4) is 0 Å². The van der Waals surface area contributed by atoms with E-state index in [0.29, 0.717) is 12.0 Å². The molecule has 2 heterocycles. The number of thiazole rings is 1. The summed E-state index contributed by atoms with van der Waals surface area (Å²) in [6.45, 7) is 8.90. The van der Waals surface area contributed by atoms with Gasteiger partial charge >= 0.3 is 0 Å². The Morgan fingerprint density at radius 1 is 1.59 bits per heavy atom. The van der Waals surface area contributed by atoms with Crippen LogP contribution in [0, 0.1) is 0 Å². The fourth-order valence-corrected chi connectivity index (χ4v) is 3.65. The molecule has 0 bridgehead atoms. The lowest BCUT2D eigenvalue weighted by Gasteiger charge is -2.24. The Morgan fingerprint density at radius 2 is 2.35 bits per heavy atom. The van der Waals surface area contributed by atoms with Crippen LogP contribution in [0.2, 0.25) is 0 Å². The normalized spacial score (nSPS) is 25.9. The molecule has 1 saturated heterocycles. The molecule has 96 valence electrons. The second-order valence-corrected chi connectivity index (χ2v) is 6.28. The summed E-state index contributed by atoms with van der Waals surface area (Å²) in [5.41, 5.74) is 6.25. The van der Waals surface area contributed by atoms with Gasteiger partial charge in [0.1, 0.15) is 0 Å². The molecule has 0 aliphatic carbocycles. The molecule has 1 fully saturated rings. The van der Waals surface area contributed by atoms with Gasteiger partial charge in [0, 0.05) is 29.6 Å². The van der Waals surface area contributed by atoms with Gasteiger partial charge in [0.15, 0.2) is 0 Å². The minimum Gasteiger partial charge on any atom is -0.326 e. The average Bonchev–Trinajstić information content (AvgIpc) is 2.86. The van der Waals surface area contributed by atoms with Gasteiger partial charge in [0.25, 0.3) is 0 Å². The third-order valence-corrected chi connectivity index (χ3v) is 4.75. The SMILES string of the molecule is CCCN1CC[C@@H](N)[C@@H]1c1cnc(C(C)C)s1. The molecule has 2 rings (SSSR count). The van der Waals surface area contributed by atoms with Crippen molar-refractivity contribution in [3.05, 3.63) is 16.1 Å². The van der Waals surface area contributed by atoms with E-state index in [2.05, 4.69) is 30.7 Å². The first-order valence-corrected chi connectivity index (χ1v) is 7.40. The maximum Gasteiger partial charge on any atom is 0.0953 e. The molecule has 2 atom stereocenters. The van der Waals surface area contributed by atoms with E-state index in [4.69, 9.17) is 5.73 Å². The Hall–Kier alpha value is -0.450. The van der Waals surface area contributed by atoms with Crippen LogP contribution in [-0.4, -0.2) is 29.0 Å². The lowest BCUT2D eigenvalue weighted by Crippen LogP contribution is -2.31. The topological polar surface area (TPSA) is 42.1 Å². The highest BCUT2D eigenvalue weighted by atomic mass is 32.1. The van der Waals surface area contributed by atoms with Crippen molar-refractivity contribution < 1.29 is 0 Å². The number of nitrogens with zero attached hydrogens (tertiary/aromatic N) is 2. The molecule has 0 spiro atoms. The minimum absolute atomic E-state index is 0.280. The summed E-state index contributed by atoms with van der Waals surface area (Å²) in [6.07, 6.45) is 4.34. The van der Waals surface area contributed by atoms with Gasteiger partial charge in [-0.05, 0) is 19.4 Å². The molecule has 0 unspecified atom stereocenters. The molecule has 1 aliphatic heterocycles. The van der Waals surface area contributed by atoms with Crippen LogP contribution >= 0.6 is 11.3 Å². The third kappa shape index (κ3) is 2.69. The second-order valence-electron chi connectivity index (χ2n) is 5.19. The molecular weight excluding hydrogens is 230 g/mol. The highest BCUT2D eigenvalue weighted by Crippen LogP contribution is 2.35. The van der Waals surface area contributed by atoms with Gasteiger partial charge in [-0.3, -0.25) is 4.90 Å². The Balaban J connectivity index is 2.17. The van der Waals surface area contributed by atoms with Gasteiger partial charge in [0.05, 0.1) is 11.0 Å². The van der Waals surface area contributed by atoms with Crippen LogP contribution in [0.25, 0.3) is 0 Å². The fraction of sp³-hybridized carbons (Fsp3) is 0.769. The molecule has 0 amide bonds. The van der Waals surface area contributed by atoms with E-state index < -0.39 is 0 Å². The van der Waals surface area contributed by atoms with Crippen molar-refractivity contribution in [2.75, 3.05) is 13.1 Å². The van der Waals surface area contributed by atoms with Gasteiger partial charge in [-0.2, -0.15) is 0 Å². The lowest BCUT2D eigenvalue weighted by molar-refractivity contribution is 0.251. The molecule has 2 N–H and O–H groups in total. The summed E-state index contributed by atoms with van der Waals surface area (Å²) in [6, 6.07) is 0.682. The maximum absolute atomic E-state index is 6.25. The minimum atomic E-state index is 0.280. The van der Waals surface area contributed by atoms with E-state index in [1.165, 1.54) is 16.3 Å². The van der Waals surface area contributed by atoms with Gasteiger partial charge in [-0.25, -0.2) is 4.98 Å². The van der Waals surface area contributed by atoms with E-state index in [0.717, 1.165) is 19.5 Å². The van der Waals surface area contributed by atoms with E-state index in [1.54, 1.807) is 0 Å². The predicted octanol–water partition coefficient (Wildman–Crippen LogP) is 2.75. The van der Waals surface area contributed by atoms with Crippen LogP contribution in [-0.2, 0) is 0 Å². The molecule has 4 heteroatoms. The first-order valence-electron chi connectivity index (χ1n) is 6.58. The zero-order valence-electron chi connectivity index (χ0n) is 11.0. The maximum atomic E-state index is 6.25. The zero-order valence-corrected chi connectivity index (χ0v) is 11.8. The highest BCUT2D eigenvalue weighted by Gasteiger charge is 2.33. The van der Waals surface area contributed by atoms with E-state index in [9.17, 15) is 0 Å². The summed E-state index contributed by atoms with van der Waals surface area (Å²) in [5.74, 6) is 0.519.